The molecule has 0 saturated heterocycles. The third-order valence-corrected chi connectivity index (χ3v) is 5.56. The first-order valence-electron chi connectivity index (χ1n) is 10.2. The van der Waals surface area contributed by atoms with Crippen LogP contribution in [0.25, 0.3) is 16.7 Å². The number of benzene rings is 2. The Morgan fingerprint density at radius 1 is 0.897 bits per heavy atom. The van der Waals surface area contributed by atoms with Crippen molar-refractivity contribution in [1.29, 1.82) is 0 Å². The highest BCUT2D eigenvalue weighted by molar-refractivity contribution is 5.75. The molecule has 0 aliphatic carbocycles. The maximum atomic E-state index is 4.11. The van der Waals surface area contributed by atoms with E-state index < -0.39 is 0 Å². The molecule has 0 saturated carbocycles. The van der Waals surface area contributed by atoms with Gasteiger partial charge in [0.25, 0.3) is 0 Å². The van der Waals surface area contributed by atoms with Gasteiger partial charge in [-0.3, -0.25) is 0 Å². The SMILES string of the molecule is C=C/C(C)=C(\C)c1cc(/C(C)=C/C=C(\C)Cc2ccccc2C(=C)C)ccc1C. The minimum absolute atomic E-state index is 0.937. The lowest BCUT2D eigenvalue weighted by Gasteiger charge is -2.12. The second kappa shape index (κ2) is 10.1. The Morgan fingerprint density at radius 3 is 2.24 bits per heavy atom. The molecule has 0 radical (unpaired) electrons. The van der Waals surface area contributed by atoms with Gasteiger partial charge in [-0.15, -0.1) is 0 Å². The van der Waals surface area contributed by atoms with Gasteiger partial charge >= 0.3 is 0 Å². The Hall–Kier alpha value is -2.86. The van der Waals surface area contributed by atoms with Gasteiger partial charge in [0, 0.05) is 0 Å². The lowest BCUT2D eigenvalue weighted by atomic mass is 9.93. The summed E-state index contributed by atoms with van der Waals surface area (Å²) in [4.78, 5) is 0. The lowest BCUT2D eigenvalue weighted by molar-refractivity contribution is 1.13. The first-order valence-corrected chi connectivity index (χ1v) is 10.2. The van der Waals surface area contributed by atoms with Gasteiger partial charge in [0.15, 0.2) is 0 Å². The average Bonchev–Trinajstić information content (AvgIpc) is 2.71. The predicted octanol–water partition coefficient (Wildman–Crippen LogP) is 8.60. The van der Waals surface area contributed by atoms with Crippen LogP contribution < -0.4 is 0 Å². The van der Waals surface area contributed by atoms with E-state index in [1.807, 2.05) is 6.08 Å². The second-order valence-electron chi connectivity index (χ2n) is 8.02. The van der Waals surface area contributed by atoms with Gasteiger partial charge in [-0.25, -0.2) is 0 Å². The summed E-state index contributed by atoms with van der Waals surface area (Å²) in [5.74, 6) is 0. The zero-order valence-corrected chi connectivity index (χ0v) is 18.9. The number of hydrogen-bond donors (Lipinski definition) is 0. The van der Waals surface area contributed by atoms with Crippen LogP contribution in [0.5, 0.6) is 0 Å². The molecule has 0 bridgehead atoms. The summed E-state index contributed by atoms with van der Waals surface area (Å²) < 4.78 is 0. The van der Waals surface area contributed by atoms with Crippen molar-refractivity contribution in [2.75, 3.05) is 0 Å². The van der Waals surface area contributed by atoms with E-state index in [0.717, 1.165) is 12.0 Å². The van der Waals surface area contributed by atoms with Gasteiger partial charge in [0.2, 0.25) is 0 Å². The fourth-order valence-electron chi connectivity index (χ4n) is 3.45. The van der Waals surface area contributed by atoms with E-state index in [2.05, 4.69) is 109 Å². The molecule has 0 aliphatic rings. The van der Waals surface area contributed by atoms with Gasteiger partial charge in [-0.1, -0.05) is 78.9 Å². The van der Waals surface area contributed by atoms with Crippen molar-refractivity contribution < 1.29 is 0 Å². The van der Waals surface area contributed by atoms with Crippen molar-refractivity contribution in [3.05, 3.63) is 113 Å². The number of allylic oxidation sites excluding steroid dienone is 8. The molecule has 0 aliphatic heterocycles. The highest BCUT2D eigenvalue weighted by Crippen LogP contribution is 2.27. The van der Waals surface area contributed by atoms with E-state index in [1.165, 1.54) is 50.1 Å². The molecule has 0 N–H and O–H groups in total. The summed E-state index contributed by atoms with van der Waals surface area (Å²) >= 11 is 0. The van der Waals surface area contributed by atoms with Crippen molar-refractivity contribution in [2.24, 2.45) is 0 Å². The molecule has 29 heavy (non-hydrogen) atoms. The second-order valence-corrected chi connectivity index (χ2v) is 8.02. The fourth-order valence-corrected chi connectivity index (χ4v) is 3.45. The fraction of sp³-hybridized carbons (Fsp3) is 0.241. The standard InChI is InChI=1S/C29H34/c1-9-22(5)25(8)29-19-26(17-16-24(29)7)23(6)15-14-21(4)18-27-12-10-11-13-28(27)20(2)3/h9-17,19H,1-2,18H2,3-8H3/b21-14+,23-15+,25-22+. The largest absolute Gasteiger partial charge is 0.0988 e. The summed E-state index contributed by atoms with van der Waals surface area (Å²) in [5.41, 5.74) is 12.7. The van der Waals surface area contributed by atoms with Crippen LogP contribution in [0.3, 0.4) is 0 Å². The summed E-state index contributed by atoms with van der Waals surface area (Å²) in [7, 11) is 0. The molecule has 0 heterocycles. The molecule has 2 aromatic carbocycles. The molecule has 0 fully saturated rings. The molecule has 150 valence electrons. The lowest BCUT2D eigenvalue weighted by Crippen LogP contribution is -1.93. The molecule has 0 aromatic heterocycles. The first kappa shape index (κ1) is 22.4. The highest BCUT2D eigenvalue weighted by Gasteiger charge is 2.06. The van der Waals surface area contributed by atoms with Crippen molar-refractivity contribution in [3.8, 4) is 0 Å². The monoisotopic (exact) mass is 382 g/mol. The summed E-state index contributed by atoms with van der Waals surface area (Å²) in [6, 6.07) is 15.2. The minimum atomic E-state index is 0.937. The third-order valence-electron chi connectivity index (χ3n) is 5.56. The predicted molar refractivity (Wildman–Crippen MR) is 132 cm³/mol. The van der Waals surface area contributed by atoms with Crippen LogP contribution in [0.4, 0.5) is 0 Å². The van der Waals surface area contributed by atoms with E-state index in [0.29, 0.717) is 0 Å². The molecule has 0 spiro atoms. The Morgan fingerprint density at radius 2 is 1.59 bits per heavy atom. The van der Waals surface area contributed by atoms with Crippen LogP contribution in [0.2, 0.25) is 0 Å². The topological polar surface area (TPSA) is 0 Å². The average molecular weight is 383 g/mol. The van der Waals surface area contributed by atoms with Gasteiger partial charge in [0.1, 0.15) is 0 Å². The minimum Gasteiger partial charge on any atom is -0.0988 e. The van der Waals surface area contributed by atoms with Gasteiger partial charge in [-0.05, 0) is 98.6 Å². The molecule has 2 rings (SSSR count). The van der Waals surface area contributed by atoms with Crippen molar-refractivity contribution in [3.63, 3.8) is 0 Å². The molecule has 0 amide bonds. The van der Waals surface area contributed by atoms with Crippen LogP contribution in [-0.4, -0.2) is 0 Å². The van der Waals surface area contributed by atoms with Crippen molar-refractivity contribution in [2.45, 2.75) is 48.0 Å². The van der Waals surface area contributed by atoms with E-state index in [9.17, 15) is 0 Å². The Bertz CT molecular complexity index is 1010. The van der Waals surface area contributed by atoms with Crippen molar-refractivity contribution >= 4 is 16.7 Å². The third kappa shape index (κ3) is 5.81. The molecule has 0 nitrogen and oxygen atoms in total. The molecule has 0 atom stereocenters. The number of aryl methyl sites for hydroxylation is 1. The molecular weight excluding hydrogens is 348 g/mol. The summed E-state index contributed by atoms with van der Waals surface area (Å²) in [6.45, 7) is 20.9. The van der Waals surface area contributed by atoms with E-state index >= 15 is 0 Å². The molecule has 2 aromatic rings. The molecular formula is C29H34. The Labute approximate surface area is 177 Å². The van der Waals surface area contributed by atoms with Gasteiger partial charge in [0.05, 0.1) is 0 Å². The summed E-state index contributed by atoms with van der Waals surface area (Å²) in [5, 5.41) is 0. The molecule has 0 unspecified atom stereocenters. The zero-order chi connectivity index (χ0) is 21.6. The normalized spacial score (nSPS) is 13.2. The Balaban J connectivity index is 2.30. The van der Waals surface area contributed by atoms with E-state index in [4.69, 9.17) is 0 Å². The van der Waals surface area contributed by atoms with Crippen LogP contribution in [0, 0.1) is 6.92 Å². The maximum Gasteiger partial charge on any atom is -0.00607 e. The Kier molecular flexibility index (Phi) is 7.79. The van der Waals surface area contributed by atoms with Crippen LogP contribution in [0.1, 0.15) is 62.4 Å². The smallest absolute Gasteiger partial charge is 0.00607 e. The zero-order valence-electron chi connectivity index (χ0n) is 18.9. The maximum absolute atomic E-state index is 4.11. The number of rotatable bonds is 7. The van der Waals surface area contributed by atoms with E-state index in [-0.39, 0.29) is 0 Å². The number of hydrogen-bond acceptors (Lipinski definition) is 0. The highest BCUT2D eigenvalue weighted by atomic mass is 14.1. The van der Waals surface area contributed by atoms with Crippen LogP contribution in [-0.2, 0) is 6.42 Å². The quantitative estimate of drug-likeness (QED) is 0.420. The van der Waals surface area contributed by atoms with Gasteiger partial charge in [-0.2, -0.15) is 0 Å². The molecule has 0 heteroatoms. The van der Waals surface area contributed by atoms with Crippen molar-refractivity contribution in [1.82, 2.24) is 0 Å². The van der Waals surface area contributed by atoms with Crippen LogP contribution >= 0.6 is 0 Å². The van der Waals surface area contributed by atoms with E-state index in [1.54, 1.807) is 0 Å². The first-order chi connectivity index (χ1) is 13.7. The van der Waals surface area contributed by atoms with Gasteiger partial charge < -0.3 is 0 Å². The van der Waals surface area contributed by atoms with Crippen LogP contribution in [0.15, 0.2) is 85.0 Å². The summed E-state index contributed by atoms with van der Waals surface area (Å²) in [6.07, 6.45) is 7.33.